The normalized spacial score (nSPS) is 14.4. The minimum absolute atomic E-state index is 0.228. The molecule has 0 amide bonds. The van der Waals surface area contributed by atoms with E-state index in [1.807, 2.05) is 0 Å². The molecule has 2 aromatic heterocycles. The lowest BCUT2D eigenvalue weighted by Gasteiger charge is -2.31. The molecule has 0 unspecified atom stereocenters. The summed E-state index contributed by atoms with van der Waals surface area (Å²) in [5.74, 6) is 0. The first-order valence-corrected chi connectivity index (χ1v) is 34.5. The molecule has 460 valence electrons. The minimum atomic E-state index is -0.524. The van der Waals surface area contributed by atoms with Crippen LogP contribution in [0.25, 0.3) is 144 Å². The van der Waals surface area contributed by atoms with Crippen LogP contribution in [0.1, 0.15) is 94.5 Å². The number of hydrogen-bond acceptors (Lipinski definition) is 0. The summed E-state index contributed by atoms with van der Waals surface area (Å²) in [6.07, 6.45) is 0. The Labute approximate surface area is 567 Å². The molecule has 2 heterocycles. The first-order chi connectivity index (χ1) is 47.2. The van der Waals surface area contributed by atoms with Gasteiger partial charge in [-0.05, 0) is 281 Å². The first-order valence-electron chi connectivity index (χ1n) is 34.5. The third-order valence-corrected chi connectivity index (χ3v) is 23.0. The molecule has 14 aromatic carbocycles. The number of aromatic nitrogens is 2. The summed E-state index contributed by atoms with van der Waals surface area (Å²) in [6.45, 7) is 18.5. The molecule has 4 aliphatic rings. The third-order valence-electron chi connectivity index (χ3n) is 23.0. The molecule has 0 saturated heterocycles. The van der Waals surface area contributed by atoms with Crippen molar-refractivity contribution < 1.29 is 0 Å². The van der Waals surface area contributed by atoms with Crippen LogP contribution in [0.2, 0.25) is 0 Å². The van der Waals surface area contributed by atoms with Crippen LogP contribution in [0.3, 0.4) is 0 Å². The van der Waals surface area contributed by atoms with Crippen molar-refractivity contribution >= 4 is 43.6 Å². The molecule has 1 spiro atoms. The molecular weight excluding hydrogens is 1170 g/mol. The Balaban J connectivity index is 0.652. The standard InChI is InChI=1S/C95H70N2/c1-55-41-56(2)44-67(43-55)96-89-23-15-11-19-77(89)79-47-59(31-39-91(79)96)61-25-33-71-73-35-27-63(51-85(73)93(5,6)83(71)49-61)65-29-37-75-76-38-30-66(54-88(76)95(87(75)53-65)81-21-13-9-17-69(81)70-18-10-14-22-82(70)95)64-28-36-74-72-34-26-62(50-84(72)94(7,8)86(74)52-64)60-32-40-92-80(48-60)78-20-12-16-24-90(78)97(92)68-45-57(3)42-58(4)46-68/h9-54H,1-8H3. The number of fused-ring (bicyclic) bond motifs is 22. The highest BCUT2D eigenvalue weighted by Gasteiger charge is 2.52. The van der Waals surface area contributed by atoms with E-state index in [-0.39, 0.29) is 10.8 Å². The van der Waals surface area contributed by atoms with Gasteiger partial charge in [0.05, 0.1) is 27.5 Å². The molecule has 0 N–H and O–H groups in total. The average molecular weight is 1240 g/mol. The number of nitrogens with zero attached hydrogens (tertiary/aromatic N) is 2. The van der Waals surface area contributed by atoms with Gasteiger partial charge in [0.15, 0.2) is 0 Å². The van der Waals surface area contributed by atoms with Gasteiger partial charge in [-0.15, -0.1) is 0 Å². The first kappa shape index (κ1) is 56.1. The van der Waals surface area contributed by atoms with Crippen molar-refractivity contribution in [3.8, 4) is 100 Å². The fourth-order valence-corrected chi connectivity index (χ4v) is 18.7. The van der Waals surface area contributed by atoms with Crippen LogP contribution in [0.15, 0.2) is 279 Å². The van der Waals surface area contributed by atoms with Gasteiger partial charge in [0, 0.05) is 43.7 Å². The Hall–Kier alpha value is -11.3. The van der Waals surface area contributed by atoms with Gasteiger partial charge in [-0.25, -0.2) is 0 Å². The van der Waals surface area contributed by atoms with Gasteiger partial charge in [-0.3, -0.25) is 0 Å². The summed E-state index contributed by atoms with van der Waals surface area (Å²) in [6, 6.07) is 108. The molecular formula is C95H70N2. The summed E-state index contributed by atoms with van der Waals surface area (Å²) >= 11 is 0. The fraction of sp³-hybridized carbons (Fsp3) is 0.116. The van der Waals surface area contributed by atoms with Crippen molar-refractivity contribution in [1.82, 2.24) is 9.13 Å². The van der Waals surface area contributed by atoms with Crippen molar-refractivity contribution in [3.63, 3.8) is 0 Å². The topological polar surface area (TPSA) is 9.86 Å². The molecule has 2 nitrogen and oxygen atoms in total. The van der Waals surface area contributed by atoms with E-state index < -0.39 is 5.41 Å². The van der Waals surface area contributed by atoms with Gasteiger partial charge in [-0.1, -0.05) is 210 Å². The van der Waals surface area contributed by atoms with Gasteiger partial charge in [0.2, 0.25) is 0 Å². The molecule has 16 aromatic rings. The number of hydrogen-bond donors (Lipinski definition) is 0. The Morgan fingerprint density at radius 2 is 0.464 bits per heavy atom. The average Bonchev–Trinajstić information content (AvgIpc) is 1.51. The lowest BCUT2D eigenvalue weighted by molar-refractivity contribution is 0.660. The van der Waals surface area contributed by atoms with Crippen molar-refractivity contribution in [1.29, 1.82) is 0 Å². The largest absolute Gasteiger partial charge is 0.309 e. The highest BCUT2D eigenvalue weighted by molar-refractivity contribution is 6.12. The maximum atomic E-state index is 2.56. The predicted octanol–water partition coefficient (Wildman–Crippen LogP) is 24.7. The van der Waals surface area contributed by atoms with Crippen molar-refractivity contribution in [2.24, 2.45) is 0 Å². The maximum absolute atomic E-state index is 2.56. The second-order valence-electron chi connectivity index (χ2n) is 29.5. The molecule has 0 saturated carbocycles. The molecule has 0 bridgehead atoms. The molecule has 4 aliphatic carbocycles. The summed E-state index contributed by atoms with van der Waals surface area (Å²) in [4.78, 5) is 0. The van der Waals surface area contributed by atoms with Crippen LogP contribution >= 0.6 is 0 Å². The van der Waals surface area contributed by atoms with Crippen molar-refractivity contribution in [3.05, 3.63) is 346 Å². The van der Waals surface area contributed by atoms with Crippen LogP contribution in [0, 0.1) is 27.7 Å². The zero-order valence-electron chi connectivity index (χ0n) is 56.0. The second-order valence-corrected chi connectivity index (χ2v) is 29.5. The van der Waals surface area contributed by atoms with E-state index in [9.17, 15) is 0 Å². The molecule has 97 heavy (non-hydrogen) atoms. The predicted molar refractivity (Wildman–Crippen MR) is 407 cm³/mol. The van der Waals surface area contributed by atoms with Crippen molar-refractivity contribution in [2.45, 2.75) is 71.6 Å². The van der Waals surface area contributed by atoms with Crippen LogP contribution in [-0.4, -0.2) is 9.13 Å². The molecule has 20 rings (SSSR count). The Kier molecular flexibility index (Phi) is 11.5. The maximum Gasteiger partial charge on any atom is 0.0725 e. The highest BCUT2D eigenvalue weighted by atomic mass is 15.0. The van der Waals surface area contributed by atoms with Gasteiger partial charge >= 0.3 is 0 Å². The van der Waals surface area contributed by atoms with Crippen molar-refractivity contribution in [2.75, 3.05) is 0 Å². The fourth-order valence-electron chi connectivity index (χ4n) is 18.7. The van der Waals surface area contributed by atoms with Gasteiger partial charge < -0.3 is 9.13 Å². The molecule has 2 heteroatoms. The van der Waals surface area contributed by atoms with Crippen LogP contribution in [0.5, 0.6) is 0 Å². The Bertz CT molecular complexity index is 5770. The monoisotopic (exact) mass is 1240 g/mol. The zero-order valence-corrected chi connectivity index (χ0v) is 56.0. The van der Waals surface area contributed by atoms with E-state index in [4.69, 9.17) is 0 Å². The zero-order chi connectivity index (χ0) is 65.1. The second kappa shape index (κ2) is 19.9. The van der Waals surface area contributed by atoms with E-state index >= 15 is 0 Å². The summed E-state index contributed by atoms with van der Waals surface area (Å²) in [5, 5.41) is 5.09. The van der Waals surface area contributed by atoms with E-state index in [1.54, 1.807) is 0 Å². The minimum Gasteiger partial charge on any atom is -0.309 e. The Morgan fingerprint density at radius 3 is 0.814 bits per heavy atom. The molecule has 0 atom stereocenters. The smallest absolute Gasteiger partial charge is 0.0725 e. The number of rotatable bonds is 6. The number of aryl methyl sites for hydroxylation is 4. The number of para-hydroxylation sites is 2. The lowest BCUT2D eigenvalue weighted by Crippen LogP contribution is -2.26. The molecule has 0 fully saturated rings. The van der Waals surface area contributed by atoms with Crippen LogP contribution in [0.4, 0.5) is 0 Å². The van der Waals surface area contributed by atoms with Gasteiger partial charge in [-0.2, -0.15) is 0 Å². The highest BCUT2D eigenvalue weighted by Crippen LogP contribution is 2.64. The van der Waals surface area contributed by atoms with Crippen LogP contribution in [-0.2, 0) is 16.2 Å². The van der Waals surface area contributed by atoms with E-state index in [0.717, 1.165) is 0 Å². The van der Waals surface area contributed by atoms with E-state index in [2.05, 4.69) is 344 Å². The summed E-state index contributed by atoms with van der Waals surface area (Å²) < 4.78 is 4.88. The Morgan fingerprint density at radius 1 is 0.206 bits per heavy atom. The summed E-state index contributed by atoms with van der Waals surface area (Å²) in [5.41, 5.74) is 42.8. The lowest BCUT2D eigenvalue weighted by atomic mass is 9.70. The molecule has 0 radical (unpaired) electrons. The third kappa shape index (κ3) is 7.79. The van der Waals surface area contributed by atoms with E-state index in [1.165, 1.54) is 211 Å². The quantitative estimate of drug-likeness (QED) is 0.157. The van der Waals surface area contributed by atoms with Gasteiger partial charge in [0.25, 0.3) is 0 Å². The number of benzene rings is 14. The SMILES string of the molecule is Cc1cc(C)cc(-n2c3ccccc3c3cc(-c4ccc5c(c4)C(C)(C)c4cc(-c6ccc7c(c6)C6(c8ccccc8-c8ccccc86)c6cc(-c8ccc9c(c8)C(C)(C)c8cc(-c%10ccc%11c(c%10)c%10ccccc%10n%11-c%10cc(C)cc(C)c%10)ccc8-9)ccc6-7)ccc4-5)ccc32)c1. The van der Waals surface area contributed by atoms with E-state index in [0.29, 0.717) is 0 Å². The van der Waals surface area contributed by atoms with Gasteiger partial charge in [0.1, 0.15) is 0 Å². The van der Waals surface area contributed by atoms with Crippen LogP contribution < -0.4 is 0 Å². The molecule has 0 aliphatic heterocycles. The summed E-state index contributed by atoms with van der Waals surface area (Å²) in [7, 11) is 0.